The molecule has 4 saturated heterocycles. The molecule has 0 spiro atoms. The van der Waals surface area contributed by atoms with Crippen LogP contribution in [0.1, 0.15) is 40.5 Å². The summed E-state index contributed by atoms with van der Waals surface area (Å²) >= 11 is 6.65. The van der Waals surface area contributed by atoms with E-state index in [1.54, 1.807) is 18.8 Å². The molecule has 0 radical (unpaired) electrons. The smallest absolute Gasteiger partial charge is 0.857 e. The molecule has 0 bridgehead atoms. The Labute approximate surface area is 673 Å². The second-order valence-electron chi connectivity index (χ2n) is 23.0. The summed E-state index contributed by atoms with van der Waals surface area (Å²) in [5.41, 5.74) is 5.98. The number of carbonyl (C=O) groups is 6. The molecule has 0 saturated carbocycles. The van der Waals surface area contributed by atoms with Crippen LogP contribution in [0.3, 0.4) is 0 Å². The van der Waals surface area contributed by atoms with E-state index < -0.39 is 169 Å². The van der Waals surface area contributed by atoms with Gasteiger partial charge in [0, 0.05) is 98.4 Å². The second kappa shape index (κ2) is 64.2. The molecule has 26 N–H and O–H groups in total. The van der Waals surface area contributed by atoms with Crippen LogP contribution in [-0.4, -0.2) is 424 Å². The third-order valence-electron chi connectivity index (χ3n) is 15.5. The van der Waals surface area contributed by atoms with E-state index in [4.69, 9.17) is 35.0 Å². The predicted octanol–water partition coefficient (Wildman–Crippen LogP) is -14.2. The number of aliphatic imine (C=N–C) groups is 1. The number of nitriles is 1. The number of aliphatic hydroxyl groups excluding tert-OH is 16. The van der Waals surface area contributed by atoms with Gasteiger partial charge < -0.3 is 149 Å². The third kappa shape index (κ3) is 42.7. The summed E-state index contributed by atoms with van der Waals surface area (Å²) in [6.45, 7) is 1.23. The van der Waals surface area contributed by atoms with Gasteiger partial charge in [-0.3, -0.25) is 43.6 Å². The minimum absolute atomic E-state index is 0. The van der Waals surface area contributed by atoms with Crippen molar-refractivity contribution in [3.05, 3.63) is 0 Å². The number of amidine groups is 1. The molecular weight excluding hydrogens is 1550 g/mol. The van der Waals surface area contributed by atoms with Crippen LogP contribution in [0.4, 0.5) is 0 Å². The van der Waals surface area contributed by atoms with E-state index in [0.717, 1.165) is 59.9 Å². The minimum atomic E-state index is -1.55. The van der Waals surface area contributed by atoms with Crippen LogP contribution >= 0.6 is 70.6 Å². The zero-order valence-corrected chi connectivity index (χ0v) is 66.3. The van der Waals surface area contributed by atoms with Crippen LogP contribution in [0, 0.1) is 11.3 Å². The fraction of sp³-hybridized carbons (Fsp3) is 0.869. The molecule has 20 atom stereocenters. The zero-order chi connectivity index (χ0) is 78.3. The number of nitrogens with zero attached hydrogens (tertiary/aromatic N) is 4. The topological polar surface area (TPSA) is 653 Å². The first-order valence-electron chi connectivity index (χ1n) is 33.2. The van der Waals surface area contributed by atoms with Gasteiger partial charge in [0.05, 0.1) is 67.0 Å². The molecule has 4 aliphatic rings. The Bertz CT molecular complexity index is 2350. The maximum Gasteiger partial charge on any atom is 1.00 e. The first-order valence-corrected chi connectivity index (χ1v) is 39.7. The van der Waals surface area contributed by atoms with Gasteiger partial charge in [0.2, 0.25) is 35.4 Å². The molecule has 4 heterocycles. The average molecular weight is 1670 g/mol. The number of rotatable bonds is 45. The molecule has 0 aliphatic carbocycles. The molecule has 4 fully saturated rings. The number of ether oxygens (including phenoxy) is 4. The van der Waals surface area contributed by atoms with E-state index in [1.165, 1.54) is 18.8 Å². The SMILES string of the molecule is C.C.CN.CN=C(N)CSCCCC(=O)NCCN(CCNC(=O)CSC1OC(CO)C(O)C(O)C1O)CCNC(=O)CSC1OC(CO)C(O)C(O)C1O.C[O-].N#CCSCCCC(=O)NCCN(CCNC(=O)CSC1OC(CO)C(O)C(O)C1O)CCNC(=O)CSC1OC(CO)C(O)C(O)C1O.[Na+]. The van der Waals surface area contributed by atoms with Gasteiger partial charge in [0.25, 0.3) is 0 Å². The number of nitrogens with one attached hydrogen (secondary N) is 6. The Morgan fingerprint density at radius 3 is 0.879 bits per heavy atom. The maximum atomic E-state index is 12.5. The summed E-state index contributed by atoms with van der Waals surface area (Å²) in [6.07, 6.45) is -20.4. The molecule has 622 valence electrons. The Kier molecular flexibility index (Phi) is 65.5. The van der Waals surface area contributed by atoms with Crippen molar-refractivity contribution in [3.63, 3.8) is 0 Å². The van der Waals surface area contributed by atoms with Crippen molar-refractivity contribution in [1.82, 2.24) is 41.7 Å². The zero-order valence-electron chi connectivity index (χ0n) is 59.4. The number of aliphatic hydroxyl groups is 16. The van der Waals surface area contributed by atoms with E-state index in [-0.39, 0.29) is 105 Å². The molecule has 4 rings (SSSR count). The van der Waals surface area contributed by atoms with Crippen LogP contribution in [0.5, 0.6) is 0 Å². The average Bonchev–Trinajstić information content (AvgIpc) is 0.844. The van der Waals surface area contributed by atoms with Gasteiger partial charge in [-0.1, -0.05) is 14.9 Å². The molecule has 20 unspecified atom stereocenters. The van der Waals surface area contributed by atoms with Crippen LogP contribution in [0.2, 0.25) is 0 Å². The van der Waals surface area contributed by atoms with Crippen LogP contribution < -0.4 is 78.0 Å². The summed E-state index contributed by atoms with van der Waals surface area (Å²) in [6, 6.07) is 2.03. The number of hydrogen-bond acceptors (Lipinski definition) is 38. The summed E-state index contributed by atoms with van der Waals surface area (Å²) < 4.78 is 21.6. The molecule has 6 amide bonds. The van der Waals surface area contributed by atoms with Gasteiger partial charge in [-0.25, -0.2) is 0 Å². The third-order valence-corrected chi connectivity index (χ3v) is 22.1. The van der Waals surface area contributed by atoms with Gasteiger partial charge >= 0.3 is 29.6 Å². The number of nitrogens with two attached hydrogens (primary N) is 2. The molecular formula is C61H119N12NaO27S6. The molecule has 4 aliphatic heterocycles. The minimum Gasteiger partial charge on any atom is -0.857 e. The van der Waals surface area contributed by atoms with Crippen molar-refractivity contribution in [1.29, 1.82) is 5.26 Å². The van der Waals surface area contributed by atoms with Crippen molar-refractivity contribution in [2.45, 2.75) is 160 Å². The maximum absolute atomic E-state index is 12.5. The van der Waals surface area contributed by atoms with Crippen molar-refractivity contribution in [3.8, 4) is 6.07 Å². The van der Waals surface area contributed by atoms with E-state index in [0.29, 0.717) is 101 Å². The van der Waals surface area contributed by atoms with E-state index >= 15 is 0 Å². The fourth-order valence-corrected chi connectivity index (χ4v) is 15.1. The van der Waals surface area contributed by atoms with Crippen molar-refractivity contribution in [2.75, 3.05) is 172 Å². The summed E-state index contributed by atoms with van der Waals surface area (Å²) in [5.74, 6) is 0.509. The standard InChI is InChI=1S/C29H54N6O13S3.C28H49N5O13S3.CH5N.CH3O.2CH4.Na/c1-31-18(30)13-49-10-2-3-19(38)32-4-7-35(8-5-33-20(39)14-50-28-26(45)24(43)22(41)16(11-36)47-28)9-6-34-21(40)15-51-29-27(46)25(44)23(42)17(12-37)48-29;29-3-11-47-10-1-2-18(36)30-4-7-33(8-5-31-19(37)14-48-27-25(43)23(41)21(39)16(12-34)45-27)9-6-32-20(38)15-49-28-26(44)24(42)22(40)17(13-35)46-28;2*1-2;;;/h16-17,22-29,36-37,41-46H,2-15H2,1H3,(H2,30,31)(H,32,38)(H,33,39)(H,34,40);16-17,21-28,34-35,39-44H,1-2,4-15H2,(H,30,36)(H,31,37)(H,32,38);2H2,1H3;1H3;2*1H4;/q;;;-1;;;+1. The molecule has 46 heteroatoms. The van der Waals surface area contributed by atoms with E-state index in [9.17, 15) is 110 Å². The fourth-order valence-electron chi connectivity index (χ4n) is 9.65. The van der Waals surface area contributed by atoms with Crippen LogP contribution in [0.15, 0.2) is 4.99 Å². The largest absolute Gasteiger partial charge is 1.00 e. The number of thioether (sulfide) groups is 6. The number of hydrogen-bond donors (Lipinski definition) is 24. The first-order chi connectivity index (χ1) is 49.7. The predicted molar refractivity (Wildman–Crippen MR) is 402 cm³/mol. The quantitative estimate of drug-likeness (QED) is 0.0116. The summed E-state index contributed by atoms with van der Waals surface area (Å²) in [4.78, 5) is 82.3. The van der Waals surface area contributed by atoms with Gasteiger partial charge in [-0.05, 0) is 31.4 Å². The van der Waals surface area contributed by atoms with E-state index in [1.807, 2.05) is 15.9 Å². The van der Waals surface area contributed by atoms with Crippen molar-refractivity contribution >= 4 is 112 Å². The Morgan fingerprint density at radius 2 is 0.654 bits per heavy atom. The molecule has 0 aromatic carbocycles. The first kappa shape index (κ1) is 109. The van der Waals surface area contributed by atoms with Gasteiger partial charge in [-0.15, -0.1) is 58.8 Å². The normalized spacial score (nSPS) is 28.1. The van der Waals surface area contributed by atoms with E-state index in [2.05, 4.69) is 42.6 Å². The molecule has 0 aromatic heterocycles. The second-order valence-corrected chi connectivity index (χ2v) is 29.6. The Hall–Kier alpha value is -2.08. The number of amides is 6. The molecule has 107 heavy (non-hydrogen) atoms. The van der Waals surface area contributed by atoms with Crippen molar-refractivity contribution < 1.29 is 164 Å². The van der Waals surface area contributed by atoms with Crippen LogP contribution in [0.25, 0.3) is 0 Å². The van der Waals surface area contributed by atoms with Crippen LogP contribution in [-0.2, 0) is 47.7 Å². The Balaban J connectivity index is -0.00000188. The summed E-state index contributed by atoms with van der Waals surface area (Å²) in [5, 5.41) is 191. The molecule has 39 nitrogen and oxygen atoms in total. The summed E-state index contributed by atoms with van der Waals surface area (Å²) in [7, 11) is 3.87. The monoisotopic (exact) mass is 1670 g/mol. The van der Waals surface area contributed by atoms with Gasteiger partial charge in [0.1, 0.15) is 125 Å². The number of carbonyl (C=O) groups excluding carboxylic acids is 6. The Morgan fingerprint density at radius 1 is 0.421 bits per heavy atom. The van der Waals surface area contributed by atoms with Gasteiger partial charge in [-0.2, -0.15) is 24.1 Å². The molecule has 0 aromatic rings. The van der Waals surface area contributed by atoms with Crippen molar-refractivity contribution in [2.24, 2.45) is 16.5 Å². The van der Waals surface area contributed by atoms with Gasteiger partial charge in [0.15, 0.2) is 0 Å².